The second kappa shape index (κ2) is 6.11. The quantitative estimate of drug-likeness (QED) is 0.525. The minimum atomic E-state index is -0.574. The number of benzene rings is 2. The van der Waals surface area contributed by atoms with Crippen LogP contribution in [0.5, 0.6) is 0 Å². The highest BCUT2D eigenvalue weighted by Crippen LogP contribution is 2.15. The Bertz CT molecular complexity index is 839. The number of carbonyl (C=O) groups is 2. The Balaban J connectivity index is 1.66. The standard InChI is InChI=1S/C16H10BrNO4/c17-12-4-1-10(2-5-12)14(19)8-21-16(20)11-3-6-15-13(7-11)18-9-22-15/h1-7,9H,8H2. The van der Waals surface area contributed by atoms with Crippen molar-refractivity contribution in [2.24, 2.45) is 0 Å². The van der Waals surface area contributed by atoms with Crippen molar-refractivity contribution >= 4 is 38.8 Å². The third kappa shape index (κ3) is 3.07. The van der Waals surface area contributed by atoms with Crippen LogP contribution in [0.2, 0.25) is 0 Å². The number of halogens is 1. The summed E-state index contributed by atoms with van der Waals surface area (Å²) in [7, 11) is 0. The summed E-state index contributed by atoms with van der Waals surface area (Å²) in [5, 5.41) is 0. The molecule has 1 aromatic heterocycles. The number of fused-ring (bicyclic) bond motifs is 1. The van der Waals surface area contributed by atoms with Gasteiger partial charge in [0.1, 0.15) is 5.52 Å². The van der Waals surface area contributed by atoms with Gasteiger partial charge in [-0.1, -0.05) is 28.1 Å². The van der Waals surface area contributed by atoms with Crippen molar-refractivity contribution in [3.8, 4) is 0 Å². The topological polar surface area (TPSA) is 69.4 Å². The smallest absolute Gasteiger partial charge is 0.338 e. The Morgan fingerprint density at radius 3 is 2.59 bits per heavy atom. The van der Waals surface area contributed by atoms with E-state index in [0.717, 1.165) is 4.47 Å². The van der Waals surface area contributed by atoms with Crippen LogP contribution >= 0.6 is 15.9 Å². The van der Waals surface area contributed by atoms with Gasteiger partial charge in [-0.25, -0.2) is 9.78 Å². The Morgan fingerprint density at radius 2 is 1.82 bits per heavy atom. The monoisotopic (exact) mass is 359 g/mol. The number of ketones is 1. The first-order valence-electron chi connectivity index (χ1n) is 6.42. The number of oxazole rings is 1. The summed E-state index contributed by atoms with van der Waals surface area (Å²) in [6.45, 7) is -0.308. The molecular weight excluding hydrogens is 350 g/mol. The minimum Gasteiger partial charge on any atom is -0.454 e. The highest BCUT2D eigenvalue weighted by molar-refractivity contribution is 9.10. The molecule has 5 nitrogen and oxygen atoms in total. The largest absolute Gasteiger partial charge is 0.454 e. The molecule has 0 N–H and O–H groups in total. The number of carbonyl (C=O) groups excluding carboxylic acids is 2. The Labute approximate surface area is 134 Å². The van der Waals surface area contributed by atoms with E-state index in [0.29, 0.717) is 22.2 Å². The summed E-state index contributed by atoms with van der Waals surface area (Å²) >= 11 is 3.29. The Kier molecular flexibility index (Phi) is 4.02. The van der Waals surface area contributed by atoms with Gasteiger partial charge in [0.2, 0.25) is 0 Å². The van der Waals surface area contributed by atoms with Crippen molar-refractivity contribution < 1.29 is 18.7 Å². The van der Waals surface area contributed by atoms with E-state index in [1.165, 1.54) is 6.39 Å². The van der Waals surface area contributed by atoms with Gasteiger partial charge in [-0.3, -0.25) is 4.79 Å². The molecule has 2 aromatic carbocycles. The van der Waals surface area contributed by atoms with Crippen LogP contribution in [0.25, 0.3) is 11.1 Å². The zero-order valence-electron chi connectivity index (χ0n) is 11.3. The van der Waals surface area contributed by atoms with Crippen LogP contribution in [-0.4, -0.2) is 23.3 Å². The maximum atomic E-state index is 12.0. The van der Waals surface area contributed by atoms with E-state index in [2.05, 4.69) is 20.9 Å². The molecule has 0 aliphatic rings. The molecule has 0 aliphatic carbocycles. The molecule has 1 heterocycles. The molecule has 0 fully saturated rings. The lowest BCUT2D eigenvalue weighted by Crippen LogP contribution is -2.14. The minimum absolute atomic E-state index is 0.261. The van der Waals surface area contributed by atoms with Crippen molar-refractivity contribution in [2.45, 2.75) is 0 Å². The number of hydrogen-bond acceptors (Lipinski definition) is 5. The predicted molar refractivity (Wildman–Crippen MR) is 82.8 cm³/mol. The third-order valence-corrected chi connectivity index (χ3v) is 3.60. The summed E-state index contributed by atoms with van der Waals surface area (Å²) in [5.41, 5.74) is 1.96. The van der Waals surface area contributed by atoms with Gasteiger partial charge >= 0.3 is 5.97 Å². The van der Waals surface area contributed by atoms with Crippen molar-refractivity contribution in [3.05, 3.63) is 64.5 Å². The Hall–Kier alpha value is -2.47. The van der Waals surface area contributed by atoms with Crippen LogP contribution in [0.3, 0.4) is 0 Å². The Morgan fingerprint density at radius 1 is 1.09 bits per heavy atom. The van der Waals surface area contributed by atoms with Crippen LogP contribution in [0.1, 0.15) is 20.7 Å². The number of nitrogens with zero attached hydrogens (tertiary/aromatic N) is 1. The molecule has 3 aromatic rings. The molecule has 0 amide bonds. The molecule has 0 saturated heterocycles. The number of rotatable bonds is 4. The van der Waals surface area contributed by atoms with Gasteiger partial charge in [0, 0.05) is 10.0 Å². The number of aromatic nitrogens is 1. The zero-order valence-corrected chi connectivity index (χ0v) is 12.9. The van der Waals surface area contributed by atoms with E-state index in [1.54, 1.807) is 42.5 Å². The summed E-state index contributed by atoms with van der Waals surface area (Å²) in [6, 6.07) is 11.6. The van der Waals surface area contributed by atoms with Gasteiger partial charge in [-0.2, -0.15) is 0 Å². The average Bonchev–Trinajstić information content (AvgIpc) is 3.00. The number of hydrogen-bond donors (Lipinski definition) is 0. The van der Waals surface area contributed by atoms with E-state index in [-0.39, 0.29) is 12.4 Å². The molecule has 0 aliphatic heterocycles. The lowest BCUT2D eigenvalue weighted by molar-refractivity contribution is 0.0475. The van der Waals surface area contributed by atoms with Crippen LogP contribution < -0.4 is 0 Å². The first kappa shape index (κ1) is 14.5. The molecule has 110 valence electrons. The molecular formula is C16H10BrNO4. The second-order valence-corrected chi connectivity index (χ2v) is 5.46. The van der Waals surface area contributed by atoms with Crippen LogP contribution in [0.15, 0.2) is 57.7 Å². The van der Waals surface area contributed by atoms with Gasteiger partial charge in [0.25, 0.3) is 0 Å². The normalized spacial score (nSPS) is 10.6. The fraction of sp³-hybridized carbons (Fsp3) is 0.0625. The summed E-state index contributed by atoms with van der Waals surface area (Å²) in [4.78, 5) is 27.9. The highest BCUT2D eigenvalue weighted by atomic mass is 79.9. The third-order valence-electron chi connectivity index (χ3n) is 3.07. The second-order valence-electron chi connectivity index (χ2n) is 4.54. The summed E-state index contributed by atoms with van der Waals surface area (Å²) in [5.74, 6) is -0.835. The molecule has 0 spiro atoms. The van der Waals surface area contributed by atoms with Crippen LogP contribution in [0, 0.1) is 0 Å². The summed E-state index contributed by atoms with van der Waals surface area (Å²) in [6.07, 6.45) is 1.30. The first-order chi connectivity index (χ1) is 10.6. The lowest BCUT2D eigenvalue weighted by atomic mass is 10.1. The lowest BCUT2D eigenvalue weighted by Gasteiger charge is -2.04. The van der Waals surface area contributed by atoms with E-state index < -0.39 is 5.97 Å². The average molecular weight is 360 g/mol. The fourth-order valence-electron chi connectivity index (χ4n) is 1.92. The van der Waals surface area contributed by atoms with Gasteiger partial charge in [0.05, 0.1) is 5.56 Å². The van der Waals surface area contributed by atoms with Crippen LogP contribution in [-0.2, 0) is 4.74 Å². The van der Waals surface area contributed by atoms with E-state index >= 15 is 0 Å². The first-order valence-corrected chi connectivity index (χ1v) is 7.22. The van der Waals surface area contributed by atoms with E-state index in [4.69, 9.17) is 9.15 Å². The van der Waals surface area contributed by atoms with Gasteiger partial charge in [-0.15, -0.1) is 0 Å². The molecule has 0 bridgehead atoms. The predicted octanol–water partition coefficient (Wildman–Crippen LogP) is 3.63. The molecule has 6 heteroatoms. The summed E-state index contributed by atoms with van der Waals surface area (Å²) < 4.78 is 11.0. The van der Waals surface area contributed by atoms with E-state index in [1.807, 2.05) is 0 Å². The van der Waals surface area contributed by atoms with Crippen molar-refractivity contribution in [3.63, 3.8) is 0 Å². The molecule has 0 radical (unpaired) electrons. The SMILES string of the molecule is O=C(COC(=O)c1ccc2ocnc2c1)c1ccc(Br)cc1. The van der Waals surface area contributed by atoms with Crippen molar-refractivity contribution in [1.82, 2.24) is 4.98 Å². The van der Waals surface area contributed by atoms with Gasteiger partial charge in [0.15, 0.2) is 24.4 Å². The maximum Gasteiger partial charge on any atom is 0.338 e. The highest BCUT2D eigenvalue weighted by Gasteiger charge is 2.13. The molecule has 22 heavy (non-hydrogen) atoms. The number of esters is 1. The molecule has 3 rings (SSSR count). The van der Waals surface area contributed by atoms with Crippen LogP contribution in [0.4, 0.5) is 0 Å². The van der Waals surface area contributed by atoms with Gasteiger partial charge < -0.3 is 9.15 Å². The number of ether oxygens (including phenoxy) is 1. The van der Waals surface area contributed by atoms with Gasteiger partial charge in [-0.05, 0) is 30.3 Å². The maximum absolute atomic E-state index is 12.0. The van der Waals surface area contributed by atoms with Crippen molar-refractivity contribution in [2.75, 3.05) is 6.61 Å². The molecule has 0 saturated carbocycles. The molecule has 0 unspecified atom stereocenters. The van der Waals surface area contributed by atoms with E-state index in [9.17, 15) is 9.59 Å². The zero-order chi connectivity index (χ0) is 15.5. The number of Topliss-reactive ketones (excluding diaryl/α,β-unsaturated/α-hetero) is 1. The fourth-order valence-corrected chi connectivity index (χ4v) is 2.18. The molecule has 0 atom stereocenters. The van der Waals surface area contributed by atoms with Crippen molar-refractivity contribution in [1.29, 1.82) is 0 Å².